The molecule has 0 radical (unpaired) electrons. The van der Waals surface area contributed by atoms with E-state index in [0.29, 0.717) is 4.47 Å². The molecule has 0 heterocycles. The molecular weight excluding hydrogens is 307 g/mol. The number of aryl methyl sites for hydroxylation is 2. The minimum atomic E-state index is -0.483. The van der Waals surface area contributed by atoms with Crippen LogP contribution < -0.4 is 0 Å². The van der Waals surface area contributed by atoms with E-state index in [2.05, 4.69) is 15.9 Å². The van der Waals surface area contributed by atoms with Crippen LogP contribution in [0.25, 0.3) is 0 Å². The molecule has 0 spiro atoms. The molecule has 2 rings (SSSR count). The Morgan fingerprint density at radius 3 is 2.37 bits per heavy atom. The van der Waals surface area contributed by atoms with Crippen LogP contribution in [0.5, 0.6) is 0 Å². The second kappa shape index (κ2) is 5.66. The Labute approximate surface area is 120 Å². The highest BCUT2D eigenvalue weighted by molar-refractivity contribution is 9.10. The number of hydrogen-bond acceptors (Lipinski definition) is 1. The van der Waals surface area contributed by atoms with Crippen molar-refractivity contribution in [2.45, 2.75) is 20.3 Å². The standard InChI is InChI=1S/C16H14BrFO/c1-10-6-11(2)8-12(7-10)9-15(19)16-13(17)4-3-5-14(16)18/h3-8H,9H2,1-2H3. The molecule has 0 N–H and O–H groups in total. The molecule has 0 aromatic heterocycles. The van der Waals surface area contributed by atoms with Gasteiger partial charge in [-0.15, -0.1) is 0 Å². The van der Waals surface area contributed by atoms with Crippen molar-refractivity contribution in [3.8, 4) is 0 Å². The molecule has 0 aliphatic heterocycles. The summed E-state index contributed by atoms with van der Waals surface area (Å²) in [5.74, 6) is -0.696. The molecule has 0 unspecified atom stereocenters. The van der Waals surface area contributed by atoms with Gasteiger partial charge >= 0.3 is 0 Å². The summed E-state index contributed by atoms with van der Waals surface area (Å²) in [6.45, 7) is 3.97. The molecular formula is C16H14BrFO. The summed E-state index contributed by atoms with van der Waals surface area (Å²) < 4.78 is 14.2. The first-order chi connectivity index (χ1) is 8.97. The third kappa shape index (κ3) is 3.29. The van der Waals surface area contributed by atoms with E-state index in [0.717, 1.165) is 16.7 Å². The molecule has 0 saturated carbocycles. The Balaban J connectivity index is 2.31. The SMILES string of the molecule is Cc1cc(C)cc(CC(=O)c2c(F)cccc2Br)c1. The minimum absolute atomic E-state index is 0.127. The number of Topliss-reactive ketones (excluding diaryl/α,β-unsaturated/α-hetero) is 1. The third-order valence-electron chi connectivity index (χ3n) is 2.89. The summed E-state index contributed by atoms with van der Waals surface area (Å²) >= 11 is 3.23. The zero-order chi connectivity index (χ0) is 14.0. The van der Waals surface area contributed by atoms with Crippen molar-refractivity contribution in [1.29, 1.82) is 0 Å². The molecule has 98 valence electrons. The van der Waals surface area contributed by atoms with E-state index in [1.54, 1.807) is 12.1 Å². The maximum Gasteiger partial charge on any atom is 0.171 e. The van der Waals surface area contributed by atoms with Gasteiger partial charge in [0, 0.05) is 10.9 Å². The molecule has 0 amide bonds. The summed E-state index contributed by atoms with van der Waals surface area (Å²) in [4.78, 5) is 12.2. The lowest BCUT2D eigenvalue weighted by Crippen LogP contribution is -2.07. The Morgan fingerprint density at radius 2 is 1.79 bits per heavy atom. The van der Waals surface area contributed by atoms with Crippen LogP contribution in [0.4, 0.5) is 4.39 Å². The van der Waals surface area contributed by atoms with Crippen molar-refractivity contribution >= 4 is 21.7 Å². The number of rotatable bonds is 3. The molecule has 2 aromatic carbocycles. The monoisotopic (exact) mass is 320 g/mol. The summed E-state index contributed by atoms with van der Waals surface area (Å²) in [6.07, 6.45) is 0.210. The zero-order valence-corrected chi connectivity index (χ0v) is 12.4. The van der Waals surface area contributed by atoms with Gasteiger partial charge in [-0.25, -0.2) is 4.39 Å². The average Bonchev–Trinajstić information content (AvgIpc) is 2.26. The third-order valence-corrected chi connectivity index (χ3v) is 3.55. The van der Waals surface area contributed by atoms with E-state index >= 15 is 0 Å². The van der Waals surface area contributed by atoms with Gasteiger partial charge in [0.2, 0.25) is 0 Å². The van der Waals surface area contributed by atoms with Gasteiger partial charge in [-0.2, -0.15) is 0 Å². The van der Waals surface area contributed by atoms with Crippen LogP contribution in [0.15, 0.2) is 40.9 Å². The van der Waals surface area contributed by atoms with E-state index in [4.69, 9.17) is 0 Å². The summed E-state index contributed by atoms with van der Waals surface area (Å²) in [6, 6.07) is 10.5. The predicted octanol–water partition coefficient (Wildman–Crippen LogP) is 4.63. The zero-order valence-electron chi connectivity index (χ0n) is 10.8. The number of benzene rings is 2. The van der Waals surface area contributed by atoms with Gasteiger partial charge in [0.15, 0.2) is 5.78 Å². The van der Waals surface area contributed by atoms with E-state index in [-0.39, 0.29) is 17.8 Å². The molecule has 19 heavy (non-hydrogen) atoms. The second-order valence-corrected chi connectivity index (χ2v) is 5.55. The number of carbonyl (C=O) groups excluding carboxylic acids is 1. The molecule has 0 saturated heterocycles. The van der Waals surface area contributed by atoms with Crippen molar-refractivity contribution in [2.75, 3.05) is 0 Å². The van der Waals surface area contributed by atoms with E-state index in [1.807, 2.05) is 32.0 Å². The highest BCUT2D eigenvalue weighted by atomic mass is 79.9. The van der Waals surface area contributed by atoms with Crippen molar-refractivity contribution in [2.24, 2.45) is 0 Å². The van der Waals surface area contributed by atoms with Gasteiger partial charge < -0.3 is 0 Å². The maximum absolute atomic E-state index is 13.7. The Bertz CT molecular complexity index is 594. The van der Waals surface area contributed by atoms with Gasteiger partial charge in [0.1, 0.15) is 5.82 Å². The van der Waals surface area contributed by atoms with Gasteiger partial charge in [-0.1, -0.05) is 35.4 Å². The topological polar surface area (TPSA) is 17.1 Å². The van der Waals surface area contributed by atoms with Crippen molar-refractivity contribution in [3.63, 3.8) is 0 Å². The maximum atomic E-state index is 13.7. The Morgan fingerprint density at radius 1 is 1.16 bits per heavy atom. The van der Waals surface area contributed by atoms with Gasteiger partial charge in [0.25, 0.3) is 0 Å². The van der Waals surface area contributed by atoms with Crippen LogP contribution in [-0.2, 0) is 6.42 Å². The second-order valence-electron chi connectivity index (χ2n) is 4.69. The summed E-state index contributed by atoms with van der Waals surface area (Å²) in [5.41, 5.74) is 3.25. The van der Waals surface area contributed by atoms with Gasteiger partial charge in [-0.05, 0) is 47.5 Å². The smallest absolute Gasteiger partial charge is 0.171 e. The Hall–Kier alpha value is -1.48. The lowest BCUT2D eigenvalue weighted by molar-refractivity contribution is 0.0988. The molecule has 0 atom stereocenters. The van der Waals surface area contributed by atoms with E-state index < -0.39 is 5.82 Å². The van der Waals surface area contributed by atoms with E-state index in [9.17, 15) is 9.18 Å². The minimum Gasteiger partial charge on any atom is -0.294 e. The lowest BCUT2D eigenvalue weighted by Gasteiger charge is -2.07. The van der Waals surface area contributed by atoms with Crippen molar-refractivity contribution in [3.05, 3.63) is 68.9 Å². The average molecular weight is 321 g/mol. The largest absolute Gasteiger partial charge is 0.294 e. The normalized spacial score (nSPS) is 10.5. The highest BCUT2D eigenvalue weighted by Gasteiger charge is 2.15. The first-order valence-corrected chi connectivity index (χ1v) is 6.81. The number of carbonyl (C=O) groups is 1. The molecule has 1 nitrogen and oxygen atoms in total. The van der Waals surface area contributed by atoms with Crippen LogP contribution in [0, 0.1) is 19.7 Å². The fourth-order valence-corrected chi connectivity index (χ4v) is 2.77. The molecule has 3 heteroatoms. The van der Waals surface area contributed by atoms with Crippen molar-refractivity contribution < 1.29 is 9.18 Å². The summed E-state index contributed by atoms with van der Waals surface area (Å²) in [5, 5.41) is 0. The molecule has 0 fully saturated rings. The van der Waals surface area contributed by atoms with Crippen LogP contribution in [0.3, 0.4) is 0 Å². The molecule has 0 aliphatic rings. The van der Waals surface area contributed by atoms with E-state index in [1.165, 1.54) is 6.07 Å². The quantitative estimate of drug-likeness (QED) is 0.753. The van der Waals surface area contributed by atoms with Gasteiger partial charge in [-0.3, -0.25) is 4.79 Å². The number of ketones is 1. The van der Waals surface area contributed by atoms with Gasteiger partial charge in [0.05, 0.1) is 5.56 Å². The molecule has 0 bridgehead atoms. The first kappa shape index (κ1) is 13.9. The number of hydrogen-bond donors (Lipinski definition) is 0. The first-order valence-electron chi connectivity index (χ1n) is 6.02. The van der Waals surface area contributed by atoms with Crippen LogP contribution in [0.1, 0.15) is 27.0 Å². The predicted molar refractivity (Wildman–Crippen MR) is 78.1 cm³/mol. The van der Waals surface area contributed by atoms with Crippen molar-refractivity contribution in [1.82, 2.24) is 0 Å². The molecule has 2 aromatic rings. The van der Waals surface area contributed by atoms with Crippen LogP contribution >= 0.6 is 15.9 Å². The Kier molecular flexibility index (Phi) is 4.15. The fourth-order valence-electron chi connectivity index (χ4n) is 2.21. The van der Waals surface area contributed by atoms with Crippen LogP contribution in [0.2, 0.25) is 0 Å². The van der Waals surface area contributed by atoms with Crippen LogP contribution in [-0.4, -0.2) is 5.78 Å². The highest BCUT2D eigenvalue weighted by Crippen LogP contribution is 2.22. The lowest BCUT2D eigenvalue weighted by atomic mass is 9.99. The number of halogens is 2. The molecule has 0 aliphatic carbocycles. The summed E-state index contributed by atoms with van der Waals surface area (Å²) in [7, 11) is 0. The fraction of sp³-hybridized carbons (Fsp3) is 0.188.